The molecule has 3 aromatic rings. The van der Waals surface area contributed by atoms with Gasteiger partial charge in [-0.3, -0.25) is 9.10 Å². The average Bonchev–Trinajstić information content (AvgIpc) is 2.91. The van der Waals surface area contributed by atoms with Gasteiger partial charge in [0.15, 0.2) is 11.5 Å². The molecule has 13 heteroatoms. The zero-order valence-corrected chi connectivity index (χ0v) is 23.8. The molecule has 1 amide bonds. The highest BCUT2D eigenvalue weighted by molar-refractivity contribution is 7.92. The van der Waals surface area contributed by atoms with Gasteiger partial charge in [0.25, 0.3) is 10.0 Å². The fourth-order valence-electron chi connectivity index (χ4n) is 3.67. The van der Waals surface area contributed by atoms with E-state index in [9.17, 15) is 21.6 Å². The molecule has 0 saturated heterocycles. The monoisotopic (exact) mass is 577 g/mol. The molecule has 0 atom stereocenters. The molecular weight excluding hydrogens is 546 g/mol. The van der Waals surface area contributed by atoms with Crippen molar-refractivity contribution in [1.29, 1.82) is 0 Å². The van der Waals surface area contributed by atoms with Crippen LogP contribution in [-0.2, 0) is 24.8 Å². The van der Waals surface area contributed by atoms with Gasteiger partial charge in [-0.1, -0.05) is 18.2 Å². The van der Waals surface area contributed by atoms with Crippen LogP contribution in [0.1, 0.15) is 13.8 Å². The Morgan fingerprint density at radius 3 is 2.00 bits per heavy atom. The molecule has 0 heterocycles. The van der Waals surface area contributed by atoms with Gasteiger partial charge in [0.1, 0.15) is 12.3 Å². The Bertz CT molecular complexity index is 1530. The number of carbonyl (C=O) groups is 1. The molecule has 0 bridgehead atoms. The predicted octanol–water partition coefficient (Wildman–Crippen LogP) is 3.23. The normalized spacial score (nSPS) is 11.6. The lowest BCUT2D eigenvalue weighted by Crippen LogP contribution is -2.38. The number of methoxy groups -OCH3 is 3. The number of hydrogen-bond donors (Lipinski definition) is 2. The zero-order valence-electron chi connectivity index (χ0n) is 22.2. The summed E-state index contributed by atoms with van der Waals surface area (Å²) in [6, 6.07) is 15.7. The van der Waals surface area contributed by atoms with E-state index in [1.54, 1.807) is 32.0 Å². The minimum absolute atomic E-state index is 0.0296. The first kappa shape index (κ1) is 29.7. The summed E-state index contributed by atoms with van der Waals surface area (Å²) in [5.41, 5.74) is 0.203. The van der Waals surface area contributed by atoms with Crippen LogP contribution in [0.15, 0.2) is 76.5 Å². The van der Waals surface area contributed by atoms with E-state index < -0.39 is 32.5 Å². The van der Waals surface area contributed by atoms with Crippen LogP contribution in [0.4, 0.5) is 11.4 Å². The average molecular weight is 578 g/mol. The van der Waals surface area contributed by atoms with Crippen LogP contribution < -0.4 is 28.6 Å². The molecule has 0 aliphatic rings. The fourth-order valence-corrected chi connectivity index (χ4v) is 6.38. The Kier molecular flexibility index (Phi) is 9.43. The summed E-state index contributed by atoms with van der Waals surface area (Å²) < 4.78 is 71.9. The van der Waals surface area contributed by atoms with Gasteiger partial charge in [-0.25, -0.2) is 21.6 Å². The van der Waals surface area contributed by atoms with Crippen molar-refractivity contribution >= 4 is 37.3 Å². The molecule has 2 N–H and O–H groups in total. The van der Waals surface area contributed by atoms with Crippen molar-refractivity contribution in [1.82, 2.24) is 4.72 Å². The second-order valence-electron chi connectivity index (χ2n) is 8.55. The van der Waals surface area contributed by atoms with E-state index in [1.165, 1.54) is 69.9 Å². The lowest BCUT2D eigenvalue weighted by Gasteiger charge is -2.25. The third-order valence-corrected chi connectivity index (χ3v) is 8.86. The van der Waals surface area contributed by atoms with Crippen molar-refractivity contribution in [3.63, 3.8) is 0 Å². The Morgan fingerprint density at radius 2 is 1.41 bits per heavy atom. The zero-order chi connectivity index (χ0) is 28.8. The minimum atomic E-state index is -4.21. The highest BCUT2D eigenvalue weighted by Crippen LogP contribution is 2.34. The van der Waals surface area contributed by atoms with E-state index >= 15 is 0 Å². The maximum absolute atomic E-state index is 13.6. The van der Waals surface area contributed by atoms with Crippen molar-refractivity contribution in [2.45, 2.75) is 29.7 Å². The molecular formula is C26H31N3O8S2. The molecule has 39 heavy (non-hydrogen) atoms. The summed E-state index contributed by atoms with van der Waals surface area (Å²) >= 11 is 0. The molecule has 0 unspecified atom stereocenters. The second-order valence-corrected chi connectivity index (χ2v) is 12.1. The number of rotatable bonds is 12. The number of hydrogen-bond acceptors (Lipinski definition) is 8. The Balaban J connectivity index is 2.02. The largest absolute Gasteiger partial charge is 0.495 e. The van der Waals surface area contributed by atoms with E-state index in [1.807, 2.05) is 0 Å². The van der Waals surface area contributed by atoms with Gasteiger partial charge in [-0.05, 0) is 56.3 Å². The number of ether oxygens (including phenoxy) is 3. The first-order valence-electron chi connectivity index (χ1n) is 11.7. The van der Waals surface area contributed by atoms with Crippen LogP contribution in [0.5, 0.6) is 17.2 Å². The van der Waals surface area contributed by atoms with Gasteiger partial charge in [0.2, 0.25) is 15.9 Å². The smallest absolute Gasteiger partial charge is 0.264 e. The molecule has 0 radical (unpaired) electrons. The Labute approximate surface area is 228 Å². The quantitative estimate of drug-likeness (QED) is 0.334. The summed E-state index contributed by atoms with van der Waals surface area (Å²) in [7, 11) is -3.86. The van der Waals surface area contributed by atoms with Crippen LogP contribution in [0.2, 0.25) is 0 Å². The lowest BCUT2D eigenvalue weighted by molar-refractivity contribution is -0.114. The molecule has 0 fully saturated rings. The van der Waals surface area contributed by atoms with Crippen molar-refractivity contribution in [2.24, 2.45) is 0 Å². The fraction of sp³-hybridized carbons (Fsp3) is 0.269. The van der Waals surface area contributed by atoms with Gasteiger partial charge >= 0.3 is 0 Å². The van der Waals surface area contributed by atoms with E-state index in [-0.39, 0.29) is 38.7 Å². The lowest BCUT2D eigenvalue weighted by atomic mass is 10.2. The van der Waals surface area contributed by atoms with Crippen LogP contribution in [0.25, 0.3) is 0 Å². The third kappa shape index (κ3) is 6.99. The number of carbonyl (C=O) groups excluding carboxylic acids is 1. The van der Waals surface area contributed by atoms with Crippen LogP contribution in [0, 0.1) is 0 Å². The summed E-state index contributed by atoms with van der Waals surface area (Å²) in [6.45, 7) is 2.72. The number of nitrogens with one attached hydrogen (secondary N) is 2. The number of nitrogens with zero attached hydrogens (tertiary/aromatic N) is 1. The maximum Gasteiger partial charge on any atom is 0.264 e. The predicted molar refractivity (Wildman–Crippen MR) is 148 cm³/mol. The molecule has 3 aromatic carbocycles. The molecule has 0 aliphatic heterocycles. The maximum atomic E-state index is 13.6. The Hall–Kier alpha value is -3.81. The molecule has 3 rings (SSSR count). The molecule has 0 aromatic heterocycles. The Morgan fingerprint density at radius 1 is 0.795 bits per heavy atom. The van der Waals surface area contributed by atoms with Crippen LogP contribution in [0.3, 0.4) is 0 Å². The molecule has 0 saturated carbocycles. The van der Waals surface area contributed by atoms with Crippen molar-refractivity contribution in [3.8, 4) is 17.2 Å². The first-order chi connectivity index (χ1) is 18.4. The van der Waals surface area contributed by atoms with Gasteiger partial charge in [-0.15, -0.1) is 0 Å². The molecule has 11 nitrogen and oxygen atoms in total. The van der Waals surface area contributed by atoms with Crippen LogP contribution in [-0.4, -0.2) is 56.7 Å². The van der Waals surface area contributed by atoms with Gasteiger partial charge < -0.3 is 19.5 Å². The SMILES string of the molecule is COc1ccc(S(=O)(=O)NC(C)C)cc1NC(=O)CN(c1ccc(OC)c(OC)c1)S(=O)(=O)c1ccccc1. The topological polar surface area (TPSA) is 140 Å². The standard InChI is InChI=1S/C26H31N3O8S2/c1-18(2)28-38(31,32)21-12-14-23(35-3)22(16-21)27-26(30)17-29(39(33,34)20-9-7-6-8-10-20)19-11-13-24(36-4)25(15-19)37-5/h6-16,18,28H,17H2,1-5H3,(H,27,30). The minimum Gasteiger partial charge on any atom is -0.495 e. The molecule has 210 valence electrons. The van der Waals surface area contributed by atoms with Crippen molar-refractivity contribution in [2.75, 3.05) is 37.5 Å². The second kappa shape index (κ2) is 12.4. The van der Waals surface area contributed by atoms with Gasteiger partial charge in [0.05, 0.1) is 42.5 Å². The summed E-state index contributed by atoms with van der Waals surface area (Å²) in [5.74, 6) is 0.0887. The third-order valence-electron chi connectivity index (χ3n) is 5.42. The van der Waals surface area contributed by atoms with E-state index in [2.05, 4.69) is 10.0 Å². The number of anilines is 2. The van der Waals surface area contributed by atoms with Gasteiger partial charge in [0, 0.05) is 12.1 Å². The summed E-state index contributed by atoms with van der Waals surface area (Å²) in [6.07, 6.45) is 0. The van der Waals surface area contributed by atoms with Crippen molar-refractivity contribution in [3.05, 3.63) is 66.7 Å². The van der Waals surface area contributed by atoms with E-state index in [0.29, 0.717) is 5.75 Å². The number of sulfonamides is 2. The summed E-state index contributed by atoms with van der Waals surface area (Å²) in [5, 5.41) is 2.58. The first-order valence-corrected chi connectivity index (χ1v) is 14.6. The number of amides is 1. The molecule has 0 aliphatic carbocycles. The van der Waals surface area contributed by atoms with E-state index in [4.69, 9.17) is 14.2 Å². The van der Waals surface area contributed by atoms with Crippen LogP contribution >= 0.6 is 0 Å². The molecule has 0 spiro atoms. The van der Waals surface area contributed by atoms with E-state index in [0.717, 1.165) is 4.31 Å². The highest BCUT2D eigenvalue weighted by Gasteiger charge is 2.28. The van der Waals surface area contributed by atoms with Crippen molar-refractivity contribution < 1.29 is 35.8 Å². The highest BCUT2D eigenvalue weighted by atomic mass is 32.2. The van der Waals surface area contributed by atoms with Gasteiger partial charge in [-0.2, -0.15) is 0 Å². The number of benzene rings is 3. The summed E-state index contributed by atoms with van der Waals surface area (Å²) in [4.78, 5) is 13.1.